The lowest BCUT2D eigenvalue weighted by Gasteiger charge is -2.47. The molecular formula is C52H59BN5O6. The van der Waals surface area contributed by atoms with Crippen LogP contribution in [-0.2, 0) is 9.47 Å². The van der Waals surface area contributed by atoms with Gasteiger partial charge in [0, 0.05) is 70.5 Å². The number of aromatic nitrogens is 3. The van der Waals surface area contributed by atoms with Crippen molar-refractivity contribution in [2.45, 2.75) is 94.8 Å². The number of hydrogen-bond acceptors (Lipinski definition) is 7. The highest BCUT2D eigenvalue weighted by Gasteiger charge is 2.42. The molecule has 9 aliphatic rings. The molecular weight excluding hydrogens is 801 g/mol. The van der Waals surface area contributed by atoms with Crippen LogP contribution < -0.4 is 0 Å². The third-order valence-corrected chi connectivity index (χ3v) is 15.7. The lowest BCUT2D eigenvalue weighted by molar-refractivity contribution is -0.0305. The fourth-order valence-corrected chi connectivity index (χ4v) is 11.2. The molecule has 12 heteroatoms. The van der Waals surface area contributed by atoms with Crippen molar-refractivity contribution in [3.63, 3.8) is 0 Å². The summed E-state index contributed by atoms with van der Waals surface area (Å²) in [6.07, 6.45) is 19.6. The predicted molar refractivity (Wildman–Crippen MR) is 250 cm³/mol. The van der Waals surface area contributed by atoms with Gasteiger partial charge in [0.2, 0.25) is 0 Å². The minimum absolute atomic E-state index is 0. The summed E-state index contributed by atoms with van der Waals surface area (Å²) in [5.74, 6) is 0.653. The number of aromatic amines is 3. The van der Waals surface area contributed by atoms with E-state index in [1.54, 1.807) is 6.20 Å². The Morgan fingerprint density at radius 2 is 0.828 bits per heavy atom. The first-order chi connectivity index (χ1) is 30.8. The zero-order valence-corrected chi connectivity index (χ0v) is 36.8. The van der Waals surface area contributed by atoms with E-state index in [0.29, 0.717) is 36.5 Å². The third kappa shape index (κ3) is 8.39. The number of piperidine rings is 6. The first kappa shape index (κ1) is 42.6. The van der Waals surface area contributed by atoms with Crippen molar-refractivity contribution in [1.82, 2.24) is 24.8 Å². The standard InChI is InChI=1S/2C20H24N2O2.C12H11NO2.B/c2*23-19(24-13-20-6-9-22(10-7-20)11-8-20)16-12-21-17-3-1-2-15(18(16)17)14-4-5-14;14-12(15)9-6-13-10-3-1-2-8(11(9)10)7-4-5-7;/h2*1-3,12,14,21H,4-11,13H2;1-3,6-7,13H,4-5H2,(H,14,15);. The zero-order chi connectivity index (χ0) is 42.7. The fourth-order valence-electron chi connectivity index (χ4n) is 11.2. The van der Waals surface area contributed by atoms with Crippen molar-refractivity contribution in [2.75, 3.05) is 52.5 Å². The van der Waals surface area contributed by atoms with E-state index in [-0.39, 0.29) is 31.2 Å². The lowest BCUT2D eigenvalue weighted by atomic mass is 9.73. The number of carboxylic acids is 1. The summed E-state index contributed by atoms with van der Waals surface area (Å²) in [6, 6.07) is 18.5. The number of nitrogens with zero attached hydrogens (tertiary/aromatic N) is 2. The summed E-state index contributed by atoms with van der Waals surface area (Å²) in [7, 11) is 0. The van der Waals surface area contributed by atoms with Crippen molar-refractivity contribution >= 4 is 59.0 Å². The van der Waals surface area contributed by atoms with Gasteiger partial charge in [-0.1, -0.05) is 36.4 Å². The van der Waals surface area contributed by atoms with Crippen molar-refractivity contribution in [1.29, 1.82) is 0 Å². The van der Waals surface area contributed by atoms with Gasteiger partial charge in [-0.15, -0.1) is 0 Å². The first-order valence-corrected chi connectivity index (χ1v) is 23.6. The maximum Gasteiger partial charge on any atom is 0.340 e. The summed E-state index contributed by atoms with van der Waals surface area (Å²) >= 11 is 0. The summed E-state index contributed by atoms with van der Waals surface area (Å²) < 4.78 is 11.7. The maximum absolute atomic E-state index is 12.8. The van der Waals surface area contributed by atoms with Gasteiger partial charge < -0.3 is 39.3 Å². The smallest absolute Gasteiger partial charge is 0.340 e. The summed E-state index contributed by atoms with van der Waals surface area (Å²) in [5, 5.41) is 12.1. The fraction of sp³-hybridized carbons (Fsp3) is 0.481. The Balaban J connectivity index is 0.000000116. The van der Waals surface area contributed by atoms with Crippen LogP contribution in [0.15, 0.2) is 73.2 Å². The minimum Gasteiger partial charge on any atom is -0.478 e. The molecule has 0 atom stereocenters. The van der Waals surface area contributed by atoms with Gasteiger partial charge in [0.1, 0.15) is 0 Å². The van der Waals surface area contributed by atoms with Gasteiger partial charge in [0.05, 0.1) is 29.9 Å². The molecule has 3 radical (unpaired) electrons. The van der Waals surface area contributed by atoms with Crippen LogP contribution >= 0.6 is 0 Å². The van der Waals surface area contributed by atoms with Crippen LogP contribution in [-0.4, -0.2) is 109 Å². The molecule has 3 aromatic heterocycles. The van der Waals surface area contributed by atoms with Gasteiger partial charge in [-0.2, -0.15) is 0 Å². The molecule has 3 saturated carbocycles. The third-order valence-electron chi connectivity index (χ3n) is 15.7. The molecule has 3 aromatic carbocycles. The number of rotatable bonds is 10. The van der Waals surface area contributed by atoms with E-state index in [4.69, 9.17) is 14.6 Å². The number of aromatic carboxylic acids is 1. The minimum atomic E-state index is -0.852. The summed E-state index contributed by atoms with van der Waals surface area (Å²) in [5.41, 5.74) is 9.14. The van der Waals surface area contributed by atoms with Gasteiger partial charge in [0.15, 0.2) is 0 Å². The van der Waals surface area contributed by atoms with Crippen molar-refractivity contribution in [3.8, 4) is 0 Å². The number of fused-ring (bicyclic) bond motifs is 9. The molecule has 4 bridgehead atoms. The molecule has 331 valence electrons. The van der Waals surface area contributed by atoms with Crippen LogP contribution in [0, 0.1) is 10.8 Å². The van der Waals surface area contributed by atoms with Crippen molar-refractivity contribution < 1.29 is 29.0 Å². The summed E-state index contributed by atoms with van der Waals surface area (Å²) in [6.45, 7) is 8.14. The molecule has 3 aliphatic carbocycles. The van der Waals surface area contributed by atoms with E-state index in [2.05, 4.69) is 49.0 Å². The Morgan fingerprint density at radius 3 is 1.14 bits per heavy atom. The Hall–Kier alpha value is -5.33. The highest BCUT2D eigenvalue weighted by atomic mass is 16.5. The zero-order valence-electron chi connectivity index (χ0n) is 36.8. The first-order valence-electron chi connectivity index (χ1n) is 23.6. The molecule has 9 heterocycles. The number of carbonyl (C=O) groups is 3. The Kier molecular flexibility index (Phi) is 11.5. The Morgan fingerprint density at radius 1 is 0.516 bits per heavy atom. The van der Waals surface area contributed by atoms with Gasteiger partial charge in [-0.05, 0) is 169 Å². The molecule has 11 nitrogen and oxygen atoms in total. The average Bonchev–Trinajstić information content (AvgIpc) is 4.29. The molecule has 9 fully saturated rings. The van der Waals surface area contributed by atoms with E-state index >= 15 is 0 Å². The highest BCUT2D eigenvalue weighted by molar-refractivity contribution is 6.07. The molecule has 6 saturated heterocycles. The molecule has 0 amide bonds. The monoisotopic (exact) mass is 860 g/mol. The molecule has 15 rings (SSSR count). The second kappa shape index (κ2) is 17.2. The van der Waals surface area contributed by atoms with E-state index in [1.165, 1.54) is 93.7 Å². The number of carbonyl (C=O) groups excluding carboxylic acids is 2. The van der Waals surface area contributed by atoms with Gasteiger partial charge >= 0.3 is 17.9 Å². The largest absolute Gasteiger partial charge is 0.478 e. The molecule has 6 aromatic rings. The van der Waals surface area contributed by atoms with Crippen LogP contribution in [0.2, 0.25) is 0 Å². The van der Waals surface area contributed by atoms with Crippen LogP contribution in [0.1, 0.15) is 143 Å². The maximum atomic E-state index is 12.8. The number of ether oxygens (including phenoxy) is 2. The summed E-state index contributed by atoms with van der Waals surface area (Å²) in [4.78, 5) is 51.2. The highest BCUT2D eigenvalue weighted by Crippen LogP contribution is 2.47. The van der Waals surface area contributed by atoms with Gasteiger partial charge in [-0.25, -0.2) is 14.4 Å². The molecule has 0 spiro atoms. The molecule has 6 aliphatic heterocycles. The predicted octanol–water partition coefficient (Wildman–Crippen LogP) is 9.74. The van der Waals surface area contributed by atoms with Crippen LogP contribution in [0.4, 0.5) is 0 Å². The average molecular weight is 861 g/mol. The SMILES string of the molecule is O=C(O)c1c[nH]c2cccc(C3CC3)c12.O=C(OCC12CCN(CC1)CC2)c1c[nH]c2cccc(C3CC3)c12.O=C(OCC12CCN(CC1)CC2)c1c[nH]c2cccc(C3CC3)c12.[B]. The number of hydrogen-bond donors (Lipinski definition) is 4. The number of esters is 2. The van der Waals surface area contributed by atoms with Crippen LogP contribution in [0.25, 0.3) is 32.7 Å². The Bertz CT molecular complexity index is 2530. The number of benzene rings is 3. The molecule has 0 unspecified atom stereocenters. The van der Waals surface area contributed by atoms with Crippen LogP contribution in [0.3, 0.4) is 0 Å². The van der Waals surface area contributed by atoms with Gasteiger partial charge in [0.25, 0.3) is 0 Å². The van der Waals surface area contributed by atoms with E-state index in [0.717, 1.165) is 83.1 Å². The topological polar surface area (TPSA) is 144 Å². The number of carboxylic acid groups (broad SMARTS) is 1. The number of nitrogens with one attached hydrogen (secondary N) is 3. The van der Waals surface area contributed by atoms with Crippen molar-refractivity contribution in [3.05, 3.63) is 107 Å². The Labute approximate surface area is 376 Å². The second-order valence-corrected chi connectivity index (χ2v) is 19.9. The van der Waals surface area contributed by atoms with E-state index in [1.807, 2.05) is 42.7 Å². The van der Waals surface area contributed by atoms with E-state index < -0.39 is 5.97 Å². The molecule has 4 N–H and O–H groups in total. The van der Waals surface area contributed by atoms with E-state index in [9.17, 15) is 14.4 Å². The normalized spacial score (nSPS) is 25.5. The molecule has 64 heavy (non-hydrogen) atoms. The quantitative estimate of drug-likeness (QED) is 0.0788. The van der Waals surface area contributed by atoms with Gasteiger partial charge in [-0.3, -0.25) is 0 Å². The van der Waals surface area contributed by atoms with Crippen molar-refractivity contribution in [2.24, 2.45) is 10.8 Å². The number of H-pyrrole nitrogens is 3. The van der Waals surface area contributed by atoms with Crippen LogP contribution in [0.5, 0.6) is 0 Å². The second-order valence-electron chi connectivity index (χ2n) is 19.9. The lowest BCUT2D eigenvalue weighted by Crippen LogP contribution is -2.50.